The third-order valence-corrected chi connectivity index (χ3v) is 15.5. The third-order valence-electron chi connectivity index (χ3n) is 13.2. The standard InChI is InChI=1S/C56H45BN2S2/c1-5-6-16-36-25-28-43-42-21-12-15-24-50(42)61-55(43)54(36)59-48-30-26-37(35-17-8-7-9-18-35)31-45(48)57-44-29-27-39(58-46-22-13-10-19-40(46)41-20-11-14-23-47(41)58)34-51(44)60-52-33-38(56(2,3)4)32-49(59)53(52)57/h7-15,17-34H,5-6,16H2,1-4H3. The van der Waals surface area contributed by atoms with E-state index in [2.05, 4.69) is 201 Å². The number of para-hydroxylation sites is 2. The molecule has 294 valence electrons. The first kappa shape index (κ1) is 36.8. The molecule has 0 amide bonds. The third kappa shape index (κ3) is 5.70. The van der Waals surface area contributed by atoms with Crippen molar-refractivity contribution in [1.29, 1.82) is 0 Å². The summed E-state index contributed by atoms with van der Waals surface area (Å²) in [5, 5.41) is 5.26. The molecule has 2 nitrogen and oxygen atoms in total. The number of aromatic nitrogens is 1. The first-order valence-corrected chi connectivity index (χ1v) is 23.4. The number of hydrogen-bond acceptors (Lipinski definition) is 3. The Bertz CT molecular complexity index is 3330. The van der Waals surface area contributed by atoms with Crippen LogP contribution in [0.5, 0.6) is 0 Å². The number of anilines is 3. The molecule has 10 aromatic rings. The van der Waals surface area contributed by atoms with E-state index < -0.39 is 0 Å². The molecule has 0 atom stereocenters. The minimum Gasteiger partial charge on any atom is -0.310 e. The molecule has 0 saturated heterocycles. The number of unbranched alkanes of at least 4 members (excludes halogenated alkanes) is 1. The largest absolute Gasteiger partial charge is 0.310 e. The molecule has 0 fully saturated rings. The molecule has 0 radical (unpaired) electrons. The van der Waals surface area contributed by atoms with Crippen molar-refractivity contribution in [1.82, 2.24) is 4.57 Å². The van der Waals surface area contributed by atoms with Gasteiger partial charge in [-0.15, -0.1) is 11.3 Å². The number of fused-ring (bicyclic) bond motifs is 10. The summed E-state index contributed by atoms with van der Waals surface area (Å²) < 4.78 is 5.18. The van der Waals surface area contributed by atoms with Crippen LogP contribution in [0.3, 0.4) is 0 Å². The highest BCUT2D eigenvalue weighted by atomic mass is 32.2. The number of thiophene rings is 1. The Hall–Kier alpha value is -6.01. The lowest BCUT2D eigenvalue weighted by molar-refractivity contribution is 0.589. The van der Waals surface area contributed by atoms with Crippen LogP contribution >= 0.6 is 23.1 Å². The summed E-state index contributed by atoms with van der Waals surface area (Å²) in [5.74, 6) is 0. The van der Waals surface area contributed by atoms with Gasteiger partial charge in [0.05, 0.1) is 21.4 Å². The molecule has 0 bridgehead atoms. The monoisotopic (exact) mass is 820 g/mol. The van der Waals surface area contributed by atoms with Gasteiger partial charge < -0.3 is 9.47 Å². The molecule has 0 saturated carbocycles. The number of hydrogen-bond donors (Lipinski definition) is 0. The molecular formula is C56H45BN2S2. The van der Waals surface area contributed by atoms with E-state index in [-0.39, 0.29) is 12.1 Å². The van der Waals surface area contributed by atoms with Gasteiger partial charge in [-0.25, -0.2) is 0 Å². The van der Waals surface area contributed by atoms with Crippen LogP contribution in [0.4, 0.5) is 17.1 Å². The first-order valence-electron chi connectivity index (χ1n) is 21.8. The minimum absolute atomic E-state index is 0.0511. The van der Waals surface area contributed by atoms with Crippen LogP contribution in [0, 0.1) is 0 Å². The Kier molecular flexibility index (Phi) is 8.46. The summed E-state index contributed by atoms with van der Waals surface area (Å²) in [5.41, 5.74) is 17.0. The van der Waals surface area contributed by atoms with Crippen molar-refractivity contribution in [2.24, 2.45) is 0 Å². The lowest BCUT2D eigenvalue weighted by atomic mass is 9.34. The minimum atomic E-state index is -0.0511. The lowest BCUT2D eigenvalue weighted by Gasteiger charge is -2.42. The molecule has 0 spiro atoms. The van der Waals surface area contributed by atoms with Crippen LogP contribution < -0.4 is 21.3 Å². The summed E-state index contributed by atoms with van der Waals surface area (Å²) in [6.45, 7) is 9.49. The van der Waals surface area contributed by atoms with E-state index in [0.29, 0.717) is 0 Å². The van der Waals surface area contributed by atoms with Gasteiger partial charge in [-0.2, -0.15) is 0 Å². The highest BCUT2D eigenvalue weighted by Gasteiger charge is 2.43. The van der Waals surface area contributed by atoms with Crippen molar-refractivity contribution in [2.75, 3.05) is 4.90 Å². The second-order valence-corrected chi connectivity index (χ2v) is 20.0. The fourth-order valence-corrected chi connectivity index (χ4v) is 12.7. The van der Waals surface area contributed by atoms with E-state index in [1.54, 1.807) is 0 Å². The molecule has 61 heavy (non-hydrogen) atoms. The Morgan fingerprint density at radius 2 is 1.30 bits per heavy atom. The molecule has 0 aliphatic carbocycles. The highest BCUT2D eigenvalue weighted by Crippen LogP contribution is 2.50. The van der Waals surface area contributed by atoms with Crippen LogP contribution in [0.1, 0.15) is 51.7 Å². The second kappa shape index (κ2) is 14.0. The van der Waals surface area contributed by atoms with Crippen LogP contribution in [0.2, 0.25) is 0 Å². The molecule has 2 aliphatic rings. The van der Waals surface area contributed by atoms with Crippen LogP contribution in [-0.2, 0) is 11.8 Å². The fraction of sp³-hybridized carbons (Fsp3) is 0.143. The molecular weight excluding hydrogens is 776 g/mol. The SMILES string of the molecule is CCCCc1ccc2c(sc3ccccc32)c1N1c2ccc(-c3ccccc3)cc2B2c3ccc(-n4c5ccccc5c5ccccc54)cc3Sc3cc(C(C)(C)C)cc1c32. The quantitative estimate of drug-likeness (QED) is 0.154. The Morgan fingerprint density at radius 3 is 2.05 bits per heavy atom. The Labute approximate surface area is 366 Å². The molecule has 0 unspecified atom stereocenters. The second-order valence-electron chi connectivity index (χ2n) is 17.9. The maximum absolute atomic E-state index is 2.70. The van der Waals surface area contributed by atoms with Gasteiger partial charge >= 0.3 is 0 Å². The highest BCUT2D eigenvalue weighted by molar-refractivity contribution is 8.00. The smallest absolute Gasteiger partial charge is 0.249 e. The summed E-state index contributed by atoms with van der Waals surface area (Å²) in [4.78, 5) is 5.39. The van der Waals surface area contributed by atoms with Gasteiger partial charge in [0.2, 0.25) is 6.71 Å². The average molecular weight is 821 g/mol. The Balaban J connectivity index is 1.15. The van der Waals surface area contributed by atoms with E-state index in [1.165, 1.54) is 113 Å². The molecule has 2 aromatic heterocycles. The summed E-state index contributed by atoms with van der Waals surface area (Å²) >= 11 is 3.92. The van der Waals surface area contributed by atoms with Gasteiger partial charge in [0.15, 0.2) is 0 Å². The van der Waals surface area contributed by atoms with Crippen molar-refractivity contribution in [2.45, 2.75) is 62.2 Å². The van der Waals surface area contributed by atoms with E-state index >= 15 is 0 Å². The van der Waals surface area contributed by atoms with Gasteiger partial charge in [-0.3, -0.25) is 0 Å². The topological polar surface area (TPSA) is 8.17 Å². The summed E-state index contributed by atoms with van der Waals surface area (Å²) in [6, 6.07) is 62.1. The molecule has 5 heteroatoms. The lowest BCUT2D eigenvalue weighted by Crippen LogP contribution is -2.60. The van der Waals surface area contributed by atoms with Crippen LogP contribution in [-0.4, -0.2) is 11.3 Å². The van der Waals surface area contributed by atoms with Crippen LogP contribution in [0.25, 0.3) is 58.8 Å². The maximum atomic E-state index is 2.70. The van der Waals surface area contributed by atoms with Gasteiger partial charge in [-0.05, 0) is 100.0 Å². The van der Waals surface area contributed by atoms with E-state index in [0.717, 1.165) is 19.3 Å². The summed E-state index contributed by atoms with van der Waals surface area (Å²) in [7, 11) is 0. The van der Waals surface area contributed by atoms with E-state index in [1.807, 2.05) is 23.1 Å². The molecule has 2 aliphatic heterocycles. The van der Waals surface area contributed by atoms with E-state index in [4.69, 9.17) is 0 Å². The zero-order valence-corrected chi connectivity index (χ0v) is 36.6. The zero-order chi connectivity index (χ0) is 41.0. The van der Waals surface area contributed by atoms with E-state index in [9.17, 15) is 0 Å². The number of nitrogens with zero attached hydrogens (tertiary/aromatic N) is 2. The van der Waals surface area contributed by atoms with Crippen molar-refractivity contribution < 1.29 is 0 Å². The summed E-state index contributed by atoms with van der Waals surface area (Å²) in [6.07, 6.45) is 3.34. The number of rotatable bonds is 6. The van der Waals surface area contributed by atoms with Gasteiger partial charge in [0, 0.05) is 53.1 Å². The molecule has 0 N–H and O–H groups in total. The number of aryl methyl sites for hydroxylation is 1. The van der Waals surface area contributed by atoms with Gasteiger partial charge in [0.1, 0.15) is 0 Å². The number of benzene rings is 8. The predicted molar refractivity (Wildman–Crippen MR) is 266 cm³/mol. The average Bonchev–Trinajstić information content (AvgIpc) is 3.84. The van der Waals surface area contributed by atoms with Crippen molar-refractivity contribution >= 4 is 105 Å². The molecule has 8 aromatic carbocycles. The van der Waals surface area contributed by atoms with Gasteiger partial charge in [0.25, 0.3) is 0 Å². The zero-order valence-electron chi connectivity index (χ0n) is 35.0. The van der Waals surface area contributed by atoms with Crippen molar-refractivity contribution in [3.8, 4) is 16.8 Å². The van der Waals surface area contributed by atoms with Crippen LogP contribution in [0.15, 0.2) is 174 Å². The van der Waals surface area contributed by atoms with Crippen molar-refractivity contribution in [3.63, 3.8) is 0 Å². The van der Waals surface area contributed by atoms with Gasteiger partial charge in [-0.1, -0.05) is 167 Å². The molecule has 4 heterocycles. The predicted octanol–water partition coefficient (Wildman–Crippen LogP) is 14.2. The molecule has 12 rings (SSSR count). The fourth-order valence-electron chi connectivity index (χ4n) is 10.2. The first-order chi connectivity index (χ1) is 29.9. The normalized spacial score (nSPS) is 13.3. The maximum Gasteiger partial charge on any atom is 0.249 e. The van der Waals surface area contributed by atoms with Crippen molar-refractivity contribution in [3.05, 3.63) is 175 Å². The Morgan fingerprint density at radius 1 is 0.574 bits per heavy atom.